The van der Waals surface area contributed by atoms with Crippen LogP contribution in [0.1, 0.15) is 47.3 Å². The predicted octanol–water partition coefficient (Wildman–Crippen LogP) is 2.70. The Kier molecular flexibility index (Phi) is 7.59. The maximum atomic E-state index is 13.6. The standard InChI is InChI=1S/C27H32N4O5/c1-4-30-26(33)24(25(28)31(27(30)34)16-18-9-6-5-7-10-18)22(32)17-29-14-8-11-21(29)20-15-19(35-2)12-13-23(20)36-3/h5-7,9-10,12-13,15,21H,4,8,11,14,16-17,28H2,1-3H3. The maximum absolute atomic E-state index is 13.6. The Labute approximate surface area is 209 Å². The van der Waals surface area contributed by atoms with Gasteiger partial charge in [0.2, 0.25) is 0 Å². The lowest BCUT2D eigenvalue weighted by Crippen LogP contribution is -2.45. The predicted molar refractivity (Wildman–Crippen MR) is 138 cm³/mol. The Hall–Kier alpha value is -3.85. The largest absolute Gasteiger partial charge is 0.497 e. The molecule has 1 fully saturated rings. The van der Waals surface area contributed by atoms with E-state index >= 15 is 0 Å². The molecule has 0 radical (unpaired) electrons. The first kappa shape index (κ1) is 25.2. The van der Waals surface area contributed by atoms with Crippen molar-refractivity contribution in [2.24, 2.45) is 0 Å². The van der Waals surface area contributed by atoms with Gasteiger partial charge in [0.25, 0.3) is 5.56 Å². The fourth-order valence-electron chi connectivity index (χ4n) is 4.91. The number of Topliss-reactive ketones (excluding diaryl/α,β-unsaturated/α-hetero) is 1. The number of hydrogen-bond acceptors (Lipinski definition) is 7. The van der Waals surface area contributed by atoms with Crippen LogP contribution in [0, 0.1) is 0 Å². The number of ether oxygens (including phenoxy) is 2. The Morgan fingerprint density at radius 2 is 1.81 bits per heavy atom. The molecule has 0 bridgehead atoms. The normalized spacial score (nSPS) is 15.7. The Morgan fingerprint density at radius 1 is 1.06 bits per heavy atom. The van der Waals surface area contributed by atoms with Crippen molar-refractivity contribution in [2.45, 2.75) is 38.9 Å². The van der Waals surface area contributed by atoms with E-state index in [1.165, 1.54) is 4.57 Å². The van der Waals surface area contributed by atoms with Crippen LogP contribution in [0.15, 0.2) is 58.1 Å². The van der Waals surface area contributed by atoms with Crippen molar-refractivity contribution in [2.75, 3.05) is 33.0 Å². The van der Waals surface area contributed by atoms with E-state index in [1.54, 1.807) is 21.1 Å². The van der Waals surface area contributed by atoms with Crippen LogP contribution in [-0.2, 0) is 13.1 Å². The molecule has 36 heavy (non-hydrogen) atoms. The zero-order valence-electron chi connectivity index (χ0n) is 20.9. The van der Waals surface area contributed by atoms with Crippen LogP contribution >= 0.6 is 0 Å². The maximum Gasteiger partial charge on any atom is 0.332 e. The highest BCUT2D eigenvalue weighted by molar-refractivity contribution is 6.01. The number of aromatic nitrogens is 2. The minimum absolute atomic E-state index is 0.00226. The summed E-state index contributed by atoms with van der Waals surface area (Å²) in [5, 5.41) is 0. The molecular formula is C27H32N4O5. The molecule has 0 spiro atoms. The third-order valence-corrected chi connectivity index (χ3v) is 6.75. The number of anilines is 1. The van der Waals surface area contributed by atoms with Crippen molar-refractivity contribution in [3.05, 3.63) is 86.1 Å². The second-order valence-corrected chi connectivity index (χ2v) is 8.82. The van der Waals surface area contributed by atoms with Gasteiger partial charge in [-0.3, -0.25) is 23.6 Å². The number of nitrogens with zero attached hydrogens (tertiary/aromatic N) is 3. The zero-order valence-corrected chi connectivity index (χ0v) is 20.9. The molecule has 1 atom stereocenters. The molecule has 4 rings (SSSR count). The van der Waals surface area contributed by atoms with Crippen LogP contribution < -0.4 is 26.5 Å². The lowest BCUT2D eigenvalue weighted by molar-refractivity contribution is 0.0918. The van der Waals surface area contributed by atoms with E-state index in [4.69, 9.17) is 15.2 Å². The molecule has 190 valence electrons. The van der Waals surface area contributed by atoms with Gasteiger partial charge >= 0.3 is 5.69 Å². The number of likely N-dealkylation sites (tertiary alicyclic amines) is 1. The van der Waals surface area contributed by atoms with Gasteiger partial charge in [-0.05, 0) is 50.1 Å². The monoisotopic (exact) mass is 492 g/mol. The van der Waals surface area contributed by atoms with Crippen molar-refractivity contribution in [1.29, 1.82) is 0 Å². The Morgan fingerprint density at radius 3 is 2.47 bits per heavy atom. The summed E-state index contributed by atoms with van der Waals surface area (Å²) in [6.07, 6.45) is 1.72. The molecule has 1 aliphatic rings. The van der Waals surface area contributed by atoms with E-state index in [-0.39, 0.29) is 37.1 Å². The number of ketones is 1. The van der Waals surface area contributed by atoms with E-state index in [0.717, 1.165) is 28.5 Å². The lowest BCUT2D eigenvalue weighted by Gasteiger charge is -2.26. The molecule has 2 heterocycles. The van der Waals surface area contributed by atoms with Gasteiger partial charge in [-0.15, -0.1) is 0 Å². The van der Waals surface area contributed by atoms with Crippen LogP contribution in [0.2, 0.25) is 0 Å². The van der Waals surface area contributed by atoms with Gasteiger partial charge in [0.1, 0.15) is 22.9 Å². The number of benzene rings is 2. The highest BCUT2D eigenvalue weighted by Gasteiger charge is 2.32. The molecule has 1 aromatic heterocycles. The zero-order chi connectivity index (χ0) is 25.8. The molecule has 2 aromatic carbocycles. The number of carbonyl (C=O) groups excluding carboxylic acids is 1. The van der Waals surface area contributed by atoms with Crippen LogP contribution in [0.3, 0.4) is 0 Å². The molecule has 2 N–H and O–H groups in total. The first-order chi connectivity index (χ1) is 17.4. The van der Waals surface area contributed by atoms with Gasteiger partial charge < -0.3 is 15.2 Å². The molecule has 1 saturated heterocycles. The summed E-state index contributed by atoms with van der Waals surface area (Å²) in [6.45, 7) is 2.69. The van der Waals surface area contributed by atoms with Crippen molar-refractivity contribution in [3.63, 3.8) is 0 Å². The third-order valence-electron chi connectivity index (χ3n) is 6.75. The molecule has 9 nitrogen and oxygen atoms in total. The number of carbonyl (C=O) groups is 1. The lowest BCUT2D eigenvalue weighted by atomic mass is 10.0. The molecule has 1 aliphatic heterocycles. The van der Waals surface area contributed by atoms with Gasteiger partial charge in [-0.25, -0.2) is 4.79 Å². The van der Waals surface area contributed by atoms with Crippen LogP contribution in [0.25, 0.3) is 0 Å². The SMILES string of the molecule is CCn1c(=O)c(C(=O)CN2CCCC2c2cc(OC)ccc2OC)c(N)n(Cc2ccccc2)c1=O. The van der Waals surface area contributed by atoms with E-state index < -0.39 is 17.0 Å². The van der Waals surface area contributed by atoms with Crippen molar-refractivity contribution < 1.29 is 14.3 Å². The fourth-order valence-corrected chi connectivity index (χ4v) is 4.91. The smallest absolute Gasteiger partial charge is 0.332 e. The van der Waals surface area contributed by atoms with E-state index in [0.29, 0.717) is 18.0 Å². The number of nitrogens with two attached hydrogens (primary N) is 1. The average molecular weight is 493 g/mol. The molecule has 0 saturated carbocycles. The summed E-state index contributed by atoms with van der Waals surface area (Å²) in [6, 6.07) is 14.9. The van der Waals surface area contributed by atoms with Crippen LogP contribution in [-0.4, -0.2) is 47.1 Å². The second kappa shape index (κ2) is 10.8. The molecule has 1 unspecified atom stereocenters. The second-order valence-electron chi connectivity index (χ2n) is 8.82. The van der Waals surface area contributed by atoms with E-state index in [9.17, 15) is 14.4 Å². The summed E-state index contributed by atoms with van der Waals surface area (Å²) in [4.78, 5) is 41.8. The number of methoxy groups -OCH3 is 2. The van der Waals surface area contributed by atoms with Crippen LogP contribution in [0.4, 0.5) is 5.82 Å². The van der Waals surface area contributed by atoms with E-state index in [2.05, 4.69) is 0 Å². The summed E-state index contributed by atoms with van der Waals surface area (Å²) in [5.74, 6) is 0.907. The molecule has 9 heteroatoms. The molecule has 3 aromatic rings. The summed E-state index contributed by atoms with van der Waals surface area (Å²) < 4.78 is 13.3. The minimum atomic E-state index is -0.649. The van der Waals surface area contributed by atoms with Crippen molar-refractivity contribution >= 4 is 11.6 Å². The molecule has 0 aliphatic carbocycles. The number of nitrogen functional groups attached to an aromatic ring is 1. The van der Waals surface area contributed by atoms with Crippen LogP contribution in [0.5, 0.6) is 11.5 Å². The third kappa shape index (κ3) is 4.79. The Balaban J connectivity index is 1.70. The topological polar surface area (TPSA) is 109 Å². The van der Waals surface area contributed by atoms with Crippen molar-refractivity contribution in [3.8, 4) is 11.5 Å². The quantitative estimate of drug-likeness (QED) is 0.458. The molecular weight excluding hydrogens is 460 g/mol. The number of rotatable bonds is 9. The van der Waals surface area contributed by atoms with Crippen molar-refractivity contribution in [1.82, 2.24) is 14.0 Å². The van der Waals surface area contributed by atoms with Gasteiger partial charge in [-0.2, -0.15) is 0 Å². The minimum Gasteiger partial charge on any atom is -0.497 e. The van der Waals surface area contributed by atoms with Gasteiger partial charge in [0.05, 0.1) is 27.3 Å². The highest BCUT2D eigenvalue weighted by atomic mass is 16.5. The number of hydrogen-bond donors (Lipinski definition) is 1. The van der Waals surface area contributed by atoms with Gasteiger partial charge in [-0.1, -0.05) is 30.3 Å². The first-order valence-corrected chi connectivity index (χ1v) is 12.1. The summed E-state index contributed by atoms with van der Waals surface area (Å²) >= 11 is 0. The highest BCUT2D eigenvalue weighted by Crippen LogP contribution is 2.38. The fraction of sp³-hybridized carbons (Fsp3) is 0.370. The summed E-state index contributed by atoms with van der Waals surface area (Å²) in [7, 11) is 3.22. The molecule has 0 amide bonds. The Bertz CT molecular complexity index is 1360. The van der Waals surface area contributed by atoms with Gasteiger partial charge in [0.15, 0.2) is 5.78 Å². The van der Waals surface area contributed by atoms with E-state index in [1.807, 2.05) is 53.4 Å². The van der Waals surface area contributed by atoms with Gasteiger partial charge in [0, 0.05) is 18.2 Å². The average Bonchev–Trinajstić information content (AvgIpc) is 3.34. The first-order valence-electron chi connectivity index (χ1n) is 12.1. The summed E-state index contributed by atoms with van der Waals surface area (Å²) in [5.41, 5.74) is 6.78.